The summed E-state index contributed by atoms with van der Waals surface area (Å²) in [6.45, 7) is 3.72. The molecule has 0 unspecified atom stereocenters. The van der Waals surface area contributed by atoms with Crippen LogP contribution in [0.1, 0.15) is 39.7 Å². The summed E-state index contributed by atoms with van der Waals surface area (Å²) in [7, 11) is 1.80. The Morgan fingerprint density at radius 3 is 2.58 bits per heavy atom. The van der Waals surface area contributed by atoms with E-state index in [1.165, 1.54) is 12.3 Å². The van der Waals surface area contributed by atoms with Crippen molar-refractivity contribution in [1.82, 2.24) is 15.3 Å². The van der Waals surface area contributed by atoms with Gasteiger partial charge in [0.15, 0.2) is 0 Å². The number of fused-ring (bicyclic) bond motifs is 1. The quantitative estimate of drug-likeness (QED) is 0.546. The van der Waals surface area contributed by atoms with Crippen LogP contribution in [0.25, 0.3) is 11.1 Å². The zero-order chi connectivity index (χ0) is 22.2. The molecule has 6 nitrogen and oxygen atoms in total. The van der Waals surface area contributed by atoms with Crippen LogP contribution in [-0.4, -0.2) is 22.9 Å². The topological polar surface area (TPSA) is 78.9 Å². The third kappa shape index (κ3) is 4.05. The standard InChI is InChI=1S/C23H23F2N5O/c1-13-8-20(28-10-14-4-7-19(27-9-14)23(2,24)25)29-11-16(13)15-5-6-18(26-3)21-17(15)12-30-22(21)31/h4-9,11,26H,10,12H2,1-3H3,(H,28,29)(H,30,31). The number of pyridine rings is 2. The molecule has 0 saturated heterocycles. The van der Waals surface area contributed by atoms with Crippen molar-refractivity contribution >= 4 is 17.4 Å². The average Bonchev–Trinajstić information content (AvgIpc) is 3.14. The molecule has 1 aliphatic heterocycles. The van der Waals surface area contributed by atoms with Crippen LogP contribution < -0.4 is 16.0 Å². The van der Waals surface area contributed by atoms with Gasteiger partial charge in [0.2, 0.25) is 0 Å². The molecule has 0 aliphatic carbocycles. The number of carbonyl (C=O) groups is 1. The van der Waals surface area contributed by atoms with Crippen LogP contribution in [0.3, 0.4) is 0 Å². The maximum absolute atomic E-state index is 13.3. The molecule has 1 aliphatic rings. The highest BCUT2D eigenvalue weighted by molar-refractivity contribution is 6.05. The van der Waals surface area contributed by atoms with E-state index in [0.717, 1.165) is 40.4 Å². The van der Waals surface area contributed by atoms with Crippen molar-refractivity contribution in [3.8, 4) is 11.1 Å². The maximum Gasteiger partial charge on any atom is 0.286 e. The molecule has 1 amide bonds. The van der Waals surface area contributed by atoms with Crippen molar-refractivity contribution in [2.75, 3.05) is 17.7 Å². The minimum atomic E-state index is -2.95. The fraction of sp³-hybridized carbons (Fsp3) is 0.261. The van der Waals surface area contributed by atoms with Gasteiger partial charge >= 0.3 is 0 Å². The van der Waals surface area contributed by atoms with E-state index >= 15 is 0 Å². The number of aromatic nitrogens is 2. The van der Waals surface area contributed by atoms with Gasteiger partial charge in [-0.05, 0) is 47.4 Å². The molecule has 0 atom stereocenters. The predicted molar refractivity (Wildman–Crippen MR) is 116 cm³/mol. The first-order valence-corrected chi connectivity index (χ1v) is 9.94. The van der Waals surface area contributed by atoms with Gasteiger partial charge in [-0.2, -0.15) is 8.78 Å². The van der Waals surface area contributed by atoms with Crippen LogP contribution in [0.5, 0.6) is 0 Å². The van der Waals surface area contributed by atoms with Gasteiger partial charge in [-0.1, -0.05) is 12.1 Å². The Hall–Kier alpha value is -3.55. The third-order valence-electron chi connectivity index (χ3n) is 5.38. The number of benzene rings is 1. The van der Waals surface area contributed by atoms with Gasteiger partial charge in [0.25, 0.3) is 11.8 Å². The van der Waals surface area contributed by atoms with Crippen LogP contribution in [0, 0.1) is 6.92 Å². The van der Waals surface area contributed by atoms with E-state index in [4.69, 9.17) is 0 Å². The number of aryl methyl sites for hydroxylation is 1. The van der Waals surface area contributed by atoms with Crippen LogP contribution in [0.15, 0.2) is 42.7 Å². The zero-order valence-corrected chi connectivity index (χ0v) is 17.5. The summed E-state index contributed by atoms with van der Waals surface area (Å²) < 4.78 is 26.6. The fourth-order valence-corrected chi connectivity index (χ4v) is 3.72. The smallest absolute Gasteiger partial charge is 0.286 e. The SMILES string of the molecule is CNc1ccc(-c2cnc(NCc3ccc(C(C)(F)F)nc3)cc2C)c2c1C(=O)NC2. The van der Waals surface area contributed by atoms with Gasteiger partial charge in [-0.15, -0.1) is 0 Å². The van der Waals surface area contributed by atoms with E-state index in [-0.39, 0.29) is 11.6 Å². The zero-order valence-electron chi connectivity index (χ0n) is 17.5. The number of hydrogen-bond acceptors (Lipinski definition) is 5. The van der Waals surface area contributed by atoms with Gasteiger partial charge in [-0.3, -0.25) is 9.78 Å². The fourth-order valence-electron chi connectivity index (χ4n) is 3.72. The van der Waals surface area contributed by atoms with Crippen molar-refractivity contribution < 1.29 is 13.6 Å². The molecule has 0 saturated carbocycles. The molecular weight excluding hydrogens is 400 g/mol. The summed E-state index contributed by atoms with van der Waals surface area (Å²) in [6, 6.07) is 8.80. The number of rotatable bonds is 6. The summed E-state index contributed by atoms with van der Waals surface area (Å²) in [5, 5.41) is 9.16. The van der Waals surface area contributed by atoms with Crippen molar-refractivity contribution in [2.24, 2.45) is 0 Å². The lowest BCUT2D eigenvalue weighted by Crippen LogP contribution is -2.13. The van der Waals surface area contributed by atoms with Gasteiger partial charge in [-0.25, -0.2) is 4.98 Å². The van der Waals surface area contributed by atoms with Crippen LogP contribution >= 0.6 is 0 Å². The lowest BCUT2D eigenvalue weighted by atomic mass is 9.94. The molecular formula is C23H23F2N5O. The van der Waals surface area contributed by atoms with Crippen LogP contribution in [-0.2, 0) is 19.0 Å². The molecule has 8 heteroatoms. The third-order valence-corrected chi connectivity index (χ3v) is 5.38. The van der Waals surface area contributed by atoms with Gasteiger partial charge < -0.3 is 16.0 Å². The molecule has 3 heterocycles. The molecule has 0 bridgehead atoms. The summed E-state index contributed by atoms with van der Waals surface area (Å²) in [5.74, 6) is -2.36. The molecule has 3 aromatic rings. The van der Waals surface area contributed by atoms with E-state index in [2.05, 4.69) is 25.9 Å². The first kappa shape index (κ1) is 20.7. The van der Waals surface area contributed by atoms with E-state index in [1.807, 2.05) is 25.1 Å². The first-order valence-electron chi connectivity index (χ1n) is 9.94. The van der Waals surface area contributed by atoms with E-state index in [9.17, 15) is 13.6 Å². The van der Waals surface area contributed by atoms with E-state index in [1.54, 1.807) is 19.3 Å². The highest BCUT2D eigenvalue weighted by Crippen LogP contribution is 2.35. The predicted octanol–water partition coefficient (Wildman–Crippen LogP) is 4.46. The minimum absolute atomic E-state index is 0.0782. The van der Waals surface area contributed by atoms with Crippen molar-refractivity contribution in [3.63, 3.8) is 0 Å². The maximum atomic E-state index is 13.3. The molecule has 2 aromatic heterocycles. The van der Waals surface area contributed by atoms with Crippen LogP contribution in [0.4, 0.5) is 20.3 Å². The Bertz CT molecular complexity index is 1140. The van der Waals surface area contributed by atoms with E-state index < -0.39 is 5.92 Å². The molecule has 160 valence electrons. The molecule has 0 fully saturated rings. The summed E-state index contributed by atoms with van der Waals surface area (Å²) in [6.07, 6.45) is 3.23. The van der Waals surface area contributed by atoms with E-state index in [0.29, 0.717) is 24.5 Å². The minimum Gasteiger partial charge on any atom is -0.387 e. The average molecular weight is 423 g/mol. The molecule has 1 aromatic carbocycles. The lowest BCUT2D eigenvalue weighted by molar-refractivity contribution is 0.0127. The summed E-state index contributed by atoms with van der Waals surface area (Å²) in [4.78, 5) is 20.6. The van der Waals surface area contributed by atoms with Crippen LogP contribution in [0.2, 0.25) is 0 Å². The second-order valence-electron chi connectivity index (χ2n) is 7.62. The molecule has 0 spiro atoms. The monoisotopic (exact) mass is 423 g/mol. The number of hydrogen-bond donors (Lipinski definition) is 3. The number of anilines is 2. The number of nitrogens with zero attached hydrogens (tertiary/aromatic N) is 2. The second kappa shape index (κ2) is 7.94. The van der Waals surface area contributed by atoms with Crippen molar-refractivity contribution in [3.05, 3.63) is 70.7 Å². The molecule has 0 radical (unpaired) electrons. The molecule has 4 rings (SSSR count). The Balaban J connectivity index is 1.54. The molecule has 3 N–H and O–H groups in total. The first-order chi connectivity index (χ1) is 14.8. The van der Waals surface area contributed by atoms with Crippen molar-refractivity contribution in [2.45, 2.75) is 32.9 Å². The summed E-state index contributed by atoms with van der Waals surface area (Å²) in [5.41, 5.74) is 5.91. The highest BCUT2D eigenvalue weighted by atomic mass is 19.3. The number of carbonyl (C=O) groups excluding carboxylic acids is 1. The Morgan fingerprint density at radius 2 is 1.94 bits per heavy atom. The number of amides is 1. The van der Waals surface area contributed by atoms with Gasteiger partial charge in [0.1, 0.15) is 11.5 Å². The van der Waals surface area contributed by atoms with Gasteiger partial charge in [0.05, 0.1) is 5.56 Å². The number of halogens is 2. The normalized spacial score (nSPS) is 13.0. The number of alkyl halides is 2. The molecule has 31 heavy (non-hydrogen) atoms. The largest absolute Gasteiger partial charge is 0.387 e. The number of nitrogens with one attached hydrogen (secondary N) is 3. The Kier molecular flexibility index (Phi) is 5.31. The second-order valence-corrected chi connectivity index (χ2v) is 7.62. The van der Waals surface area contributed by atoms with Crippen molar-refractivity contribution in [1.29, 1.82) is 0 Å². The van der Waals surface area contributed by atoms with Gasteiger partial charge in [0, 0.05) is 50.7 Å². The highest BCUT2D eigenvalue weighted by Gasteiger charge is 2.27. The lowest BCUT2D eigenvalue weighted by Gasteiger charge is -2.14. The summed E-state index contributed by atoms with van der Waals surface area (Å²) >= 11 is 0. The Labute approximate surface area is 179 Å². The Morgan fingerprint density at radius 1 is 1.13 bits per heavy atom.